The first kappa shape index (κ1) is 30.7. The van der Waals surface area contributed by atoms with Crippen molar-refractivity contribution in [3.05, 3.63) is 112 Å². The van der Waals surface area contributed by atoms with E-state index in [9.17, 15) is 35.3 Å². The molecule has 0 N–H and O–H groups in total. The van der Waals surface area contributed by atoms with Gasteiger partial charge in [-0.25, -0.2) is 30.7 Å². The molecule has 4 rings (SSSR count). The Morgan fingerprint density at radius 1 is 0.625 bits per heavy atom. The van der Waals surface area contributed by atoms with Gasteiger partial charge in [-0.1, -0.05) is 31.9 Å². The van der Waals surface area contributed by atoms with Crippen LogP contribution in [0.2, 0.25) is 0 Å². The van der Waals surface area contributed by atoms with Crippen molar-refractivity contribution < 1.29 is 40.2 Å². The van der Waals surface area contributed by atoms with Crippen molar-refractivity contribution in [3.8, 4) is 28.0 Å². The van der Waals surface area contributed by atoms with Gasteiger partial charge in [-0.05, 0) is 78.9 Å². The number of hydrogen-bond donors (Lipinski definition) is 0. The van der Waals surface area contributed by atoms with Crippen LogP contribution in [-0.4, -0.2) is 0 Å². The summed E-state index contributed by atoms with van der Waals surface area (Å²) in [5, 5.41) is 0. The second-order valence-corrected chi connectivity index (χ2v) is 9.11. The highest BCUT2D eigenvalue weighted by Crippen LogP contribution is 2.30. The van der Waals surface area contributed by atoms with E-state index in [-0.39, 0.29) is 33.6 Å². The Hall–Kier alpha value is -3.88. The van der Waals surface area contributed by atoms with Crippen LogP contribution in [0, 0.1) is 41.8 Å². The van der Waals surface area contributed by atoms with Crippen molar-refractivity contribution in [2.75, 3.05) is 0 Å². The molecule has 212 valence electrons. The van der Waals surface area contributed by atoms with E-state index in [1.165, 1.54) is 25.1 Å². The third kappa shape index (κ3) is 7.40. The highest BCUT2D eigenvalue weighted by molar-refractivity contribution is 5.66. The van der Waals surface area contributed by atoms with Crippen LogP contribution < -0.4 is 4.94 Å². The van der Waals surface area contributed by atoms with E-state index in [1.54, 1.807) is 6.07 Å². The number of benzene rings is 4. The number of aryl methyl sites for hydroxylation is 1. The number of hydrogen-bond acceptors (Lipinski definition) is 1. The van der Waals surface area contributed by atoms with Gasteiger partial charge in [0.1, 0.15) is 41.6 Å². The lowest BCUT2D eigenvalue weighted by atomic mass is 9.99. The predicted octanol–water partition coefficient (Wildman–Crippen LogP) is 10.3. The SMILES string of the molecule is CCCCCc1ccc(-c2cc(F)c(CF)c(F)c2)c(F)c1.Cc1c(F)cc(-c2ccc(OF)cc2F)cc1F. The van der Waals surface area contributed by atoms with E-state index in [0.717, 1.165) is 67.6 Å². The zero-order valence-corrected chi connectivity index (χ0v) is 21.7. The lowest BCUT2D eigenvalue weighted by molar-refractivity contribution is -0.00652. The molecule has 40 heavy (non-hydrogen) atoms. The molecule has 0 aliphatic rings. The van der Waals surface area contributed by atoms with Crippen molar-refractivity contribution in [3.63, 3.8) is 0 Å². The Labute approximate surface area is 227 Å². The van der Waals surface area contributed by atoms with Crippen molar-refractivity contribution in [1.82, 2.24) is 0 Å². The summed E-state index contributed by atoms with van der Waals surface area (Å²) in [6, 6.07) is 11.8. The minimum Gasteiger partial charge on any atom is -0.294 e. The van der Waals surface area contributed by atoms with Gasteiger partial charge >= 0.3 is 0 Å². The van der Waals surface area contributed by atoms with Crippen molar-refractivity contribution in [2.45, 2.75) is 46.2 Å². The highest BCUT2D eigenvalue weighted by Gasteiger charge is 2.15. The summed E-state index contributed by atoms with van der Waals surface area (Å²) in [6.45, 7) is 2.15. The highest BCUT2D eigenvalue weighted by atomic mass is 19.3. The van der Waals surface area contributed by atoms with Crippen LogP contribution in [0.25, 0.3) is 22.3 Å². The van der Waals surface area contributed by atoms with E-state index in [1.807, 2.05) is 0 Å². The van der Waals surface area contributed by atoms with E-state index in [2.05, 4.69) is 11.9 Å². The topological polar surface area (TPSA) is 9.23 Å². The largest absolute Gasteiger partial charge is 0.294 e. The fourth-order valence-electron chi connectivity index (χ4n) is 3.99. The molecule has 0 aliphatic carbocycles. The average Bonchev–Trinajstić information content (AvgIpc) is 2.92. The van der Waals surface area contributed by atoms with E-state index < -0.39 is 47.1 Å². The molecule has 4 aromatic rings. The maximum Gasteiger partial charge on any atom is 0.174 e. The lowest BCUT2D eigenvalue weighted by Crippen LogP contribution is -1.96. The Morgan fingerprint density at radius 3 is 1.62 bits per heavy atom. The second-order valence-electron chi connectivity index (χ2n) is 9.11. The summed E-state index contributed by atoms with van der Waals surface area (Å²) in [5.41, 5.74) is 0.290. The average molecular weight is 567 g/mol. The van der Waals surface area contributed by atoms with Gasteiger partial charge in [-0.3, -0.25) is 4.94 Å². The summed E-state index contributed by atoms with van der Waals surface area (Å²) in [6.07, 6.45) is 3.91. The monoisotopic (exact) mass is 566 g/mol. The van der Waals surface area contributed by atoms with Gasteiger partial charge in [-0.15, -0.1) is 0 Å². The van der Waals surface area contributed by atoms with E-state index >= 15 is 0 Å². The number of rotatable bonds is 8. The molecular formula is C31H26F8O. The molecule has 0 fully saturated rings. The fourth-order valence-corrected chi connectivity index (χ4v) is 3.99. The van der Waals surface area contributed by atoms with Gasteiger partial charge in [0.2, 0.25) is 0 Å². The first-order valence-electron chi connectivity index (χ1n) is 12.5. The molecule has 0 unspecified atom stereocenters. The molecular weight excluding hydrogens is 540 g/mol. The lowest BCUT2D eigenvalue weighted by Gasteiger charge is -2.09. The Bertz CT molecular complexity index is 1420. The molecule has 0 amide bonds. The molecule has 0 aliphatic heterocycles. The van der Waals surface area contributed by atoms with Crippen LogP contribution >= 0.6 is 0 Å². The van der Waals surface area contributed by atoms with Gasteiger partial charge in [-0.2, -0.15) is 0 Å². The van der Waals surface area contributed by atoms with Crippen LogP contribution in [-0.2, 0) is 13.1 Å². The van der Waals surface area contributed by atoms with Crippen LogP contribution in [0.15, 0.2) is 60.7 Å². The third-order valence-electron chi connectivity index (χ3n) is 6.31. The molecule has 0 saturated carbocycles. The molecule has 0 saturated heterocycles. The second kappa shape index (κ2) is 14.0. The summed E-state index contributed by atoms with van der Waals surface area (Å²) in [4.78, 5) is 3.36. The summed E-state index contributed by atoms with van der Waals surface area (Å²) < 4.78 is 106. The van der Waals surface area contributed by atoms with E-state index in [4.69, 9.17) is 0 Å². The van der Waals surface area contributed by atoms with Crippen LogP contribution in [0.1, 0.15) is 42.9 Å². The molecule has 0 heterocycles. The Balaban J connectivity index is 0.000000225. The Kier molecular flexibility index (Phi) is 10.7. The maximum absolute atomic E-state index is 14.2. The standard InChI is InChI=1S/C18H18F4.C13H8F4O/c1-2-3-4-5-12-6-7-14(16(20)8-12)13-9-17(21)15(11-19)18(22)10-13;1-7-11(14)4-8(5-12(7)15)10-3-2-9(18-17)6-13(10)16/h6-10H,2-5,11H2,1H3;2-6H,1H3. The molecule has 1 nitrogen and oxygen atoms in total. The number of alkyl halides is 1. The first-order chi connectivity index (χ1) is 19.1. The zero-order chi connectivity index (χ0) is 29.4. The van der Waals surface area contributed by atoms with Gasteiger partial charge in [0.05, 0.1) is 5.56 Å². The molecule has 0 bridgehead atoms. The smallest absolute Gasteiger partial charge is 0.174 e. The van der Waals surface area contributed by atoms with Gasteiger partial charge in [0.15, 0.2) is 5.75 Å². The van der Waals surface area contributed by atoms with Crippen molar-refractivity contribution in [1.29, 1.82) is 0 Å². The number of halogens is 8. The maximum atomic E-state index is 14.2. The normalized spacial score (nSPS) is 10.8. The van der Waals surface area contributed by atoms with Crippen molar-refractivity contribution in [2.24, 2.45) is 0 Å². The molecule has 0 atom stereocenters. The zero-order valence-electron chi connectivity index (χ0n) is 21.7. The predicted molar refractivity (Wildman–Crippen MR) is 138 cm³/mol. The van der Waals surface area contributed by atoms with E-state index in [0.29, 0.717) is 0 Å². The first-order valence-corrected chi connectivity index (χ1v) is 12.5. The van der Waals surface area contributed by atoms with Gasteiger partial charge in [0, 0.05) is 27.3 Å². The molecule has 9 heteroatoms. The summed E-state index contributed by atoms with van der Waals surface area (Å²) in [7, 11) is 0. The summed E-state index contributed by atoms with van der Waals surface area (Å²) in [5.74, 6) is -5.20. The molecule has 0 aromatic heterocycles. The Morgan fingerprint density at radius 2 is 1.15 bits per heavy atom. The fraction of sp³-hybridized carbons (Fsp3) is 0.226. The quantitative estimate of drug-likeness (QED) is 0.152. The van der Waals surface area contributed by atoms with Crippen LogP contribution in [0.3, 0.4) is 0 Å². The number of unbranched alkanes of at least 4 members (excludes halogenated alkanes) is 2. The molecule has 4 aromatic carbocycles. The molecule has 0 spiro atoms. The van der Waals surface area contributed by atoms with Gasteiger partial charge in [0.25, 0.3) is 0 Å². The molecule has 0 radical (unpaired) electrons. The van der Waals surface area contributed by atoms with Crippen molar-refractivity contribution >= 4 is 0 Å². The van der Waals surface area contributed by atoms with Crippen LogP contribution in [0.5, 0.6) is 5.75 Å². The third-order valence-corrected chi connectivity index (χ3v) is 6.31. The van der Waals surface area contributed by atoms with Crippen LogP contribution in [0.4, 0.5) is 35.3 Å². The summed E-state index contributed by atoms with van der Waals surface area (Å²) >= 11 is 0. The minimum atomic E-state index is -1.23. The van der Waals surface area contributed by atoms with Gasteiger partial charge < -0.3 is 0 Å². The minimum absolute atomic E-state index is 0.0337.